The summed E-state index contributed by atoms with van der Waals surface area (Å²) in [5.41, 5.74) is 2.09. The maximum Gasteiger partial charge on any atom is 0.219 e. The minimum Gasteiger partial charge on any atom is -0.351 e. The SMILES string of the molecule is N#CC(C=Cc1ccccc1)(NO)Nc1cccc(Cl)c1. The van der Waals surface area contributed by atoms with Gasteiger partial charge in [0.15, 0.2) is 0 Å². The molecule has 0 fully saturated rings. The average molecular weight is 300 g/mol. The molecule has 0 aliphatic heterocycles. The van der Waals surface area contributed by atoms with Crippen LogP contribution in [0.2, 0.25) is 5.02 Å². The highest BCUT2D eigenvalue weighted by atomic mass is 35.5. The van der Waals surface area contributed by atoms with Gasteiger partial charge in [-0.1, -0.05) is 54.1 Å². The highest BCUT2D eigenvalue weighted by Gasteiger charge is 2.25. The fourth-order valence-electron chi connectivity index (χ4n) is 1.78. The molecule has 1 unspecified atom stereocenters. The summed E-state index contributed by atoms with van der Waals surface area (Å²) in [5.74, 6) is 0. The van der Waals surface area contributed by atoms with Crippen LogP contribution in [0.3, 0.4) is 0 Å². The van der Waals surface area contributed by atoms with Crippen molar-refractivity contribution in [2.45, 2.75) is 5.66 Å². The van der Waals surface area contributed by atoms with Gasteiger partial charge >= 0.3 is 0 Å². The van der Waals surface area contributed by atoms with Gasteiger partial charge in [-0.15, -0.1) is 0 Å². The number of hydroxylamine groups is 1. The second-order valence-corrected chi connectivity index (χ2v) is 4.85. The molecule has 0 saturated carbocycles. The van der Waals surface area contributed by atoms with Crippen molar-refractivity contribution in [2.24, 2.45) is 0 Å². The Bertz CT molecular complexity index is 667. The monoisotopic (exact) mass is 299 g/mol. The molecule has 0 radical (unpaired) electrons. The van der Waals surface area contributed by atoms with E-state index in [2.05, 4.69) is 5.32 Å². The van der Waals surface area contributed by atoms with Gasteiger partial charge in [-0.25, -0.2) is 0 Å². The van der Waals surface area contributed by atoms with Gasteiger partial charge in [0.1, 0.15) is 6.07 Å². The first-order valence-electron chi connectivity index (χ1n) is 6.28. The van der Waals surface area contributed by atoms with Crippen molar-refractivity contribution >= 4 is 23.4 Å². The predicted molar refractivity (Wildman–Crippen MR) is 83.8 cm³/mol. The molecule has 1 atom stereocenters. The second kappa shape index (κ2) is 6.91. The van der Waals surface area contributed by atoms with Gasteiger partial charge in [0.2, 0.25) is 5.66 Å². The standard InChI is InChI=1S/C16H14ClN3O/c17-14-7-4-8-15(11-14)19-16(12-18,20-21)10-9-13-5-2-1-3-6-13/h1-11,19-21H. The molecule has 5 heteroatoms. The van der Waals surface area contributed by atoms with Crippen molar-refractivity contribution < 1.29 is 5.21 Å². The second-order valence-electron chi connectivity index (χ2n) is 4.41. The van der Waals surface area contributed by atoms with Gasteiger partial charge in [0, 0.05) is 10.7 Å². The zero-order valence-corrected chi connectivity index (χ0v) is 11.9. The lowest BCUT2D eigenvalue weighted by Crippen LogP contribution is -2.47. The van der Waals surface area contributed by atoms with Gasteiger partial charge in [-0.2, -0.15) is 10.7 Å². The highest BCUT2D eigenvalue weighted by molar-refractivity contribution is 6.30. The Morgan fingerprint density at radius 2 is 1.90 bits per heavy atom. The fourth-order valence-corrected chi connectivity index (χ4v) is 1.97. The van der Waals surface area contributed by atoms with E-state index in [1.807, 2.05) is 41.9 Å². The summed E-state index contributed by atoms with van der Waals surface area (Å²) in [7, 11) is 0. The van der Waals surface area contributed by atoms with Crippen molar-refractivity contribution in [3.63, 3.8) is 0 Å². The van der Waals surface area contributed by atoms with E-state index >= 15 is 0 Å². The Morgan fingerprint density at radius 1 is 1.14 bits per heavy atom. The van der Waals surface area contributed by atoms with Gasteiger partial charge in [-0.3, -0.25) is 0 Å². The number of nitrogens with zero attached hydrogens (tertiary/aromatic N) is 1. The Morgan fingerprint density at radius 3 is 2.52 bits per heavy atom. The van der Waals surface area contributed by atoms with Gasteiger partial charge in [0.25, 0.3) is 0 Å². The van der Waals surface area contributed by atoms with Crippen LogP contribution in [-0.2, 0) is 0 Å². The van der Waals surface area contributed by atoms with Crippen LogP contribution < -0.4 is 10.8 Å². The van der Waals surface area contributed by atoms with Crippen LogP contribution in [0.25, 0.3) is 6.08 Å². The first-order valence-corrected chi connectivity index (χ1v) is 6.66. The number of nitrogens with one attached hydrogen (secondary N) is 2. The summed E-state index contributed by atoms with van der Waals surface area (Å²) >= 11 is 5.91. The largest absolute Gasteiger partial charge is 0.351 e. The topological polar surface area (TPSA) is 68.1 Å². The predicted octanol–water partition coefficient (Wildman–Crippen LogP) is 3.66. The van der Waals surface area contributed by atoms with Gasteiger partial charge in [0.05, 0.1) is 0 Å². The Balaban J connectivity index is 2.24. The fraction of sp³-hybridized carbons (Fsp3) is 0.0625. The quantitative estimate of drug-likeness (QED) is 0.582. The van der Waals surface area contributed by atoms with Crippen molar-refractivity contribution in [1.29, 1.82) is 5.26 Å². The summed E-state index contributed by atoms with van der Waals surface area (Å²) in [4.78, 5) is 0. The lowest BCUT2D eigenvalue weighted by molar-refractivity contribution is 0.127. The smallest absolute Gasteiger partial charge is 0.219 e. The van der Waals surface area contributed by atoms with Gasteiger partial charge < -0.3 is 10.5 Å². The maximum atomic E-state index is 9.37. The van der Waals surface area contributed by atoms with E-state index in [0.29, 0.717) is 10.7 Å². The molecule has 0 aliphatic carbocycles. The van der Waals surface area contributed by atoms with Crippen LogP contribution in [0.5, 0.6) is 0 Å². The molecular formula is C16H14ClN3O. The molecule has 3 N–H and O–H groups in total. The van der Waals surface area contributed by atoms with Crippen LogP contribution >= 0.6 is 11.6 Å². The molecule has 0 aliphatic rings. The normalized spacial score (nSPS) is 13.6. The molecule has 2 aromatic rings. The third-order valence-electron chi connectivity index (χ3n) is 2.84. The number of hydrogen-bond donors (Lipinski definition) is 3. The molecular weight excluding hydrogens is 286 g/mol. The Kier molecular flexibility index (Phi) is 4.96. The van der Waals surface area contributed by atoms with Crippen LogP contribution in [0, 0.1) is 11.3 Å². The Labute approximate surface area is 128 Å². The number of nitriles is 1. The van der Waals surface area contributed by atoms with E-state index in [1.165, 1.54) is 0 Å². The van der Waals surface area contributed by atoms with E-state index in [9.17, 15) is 10.5 Å². The molecule has 0 bridgehead atoms. The average Bonchev–Trinajstić information content (AvgIpc) is 2.53. The van der Waals surface area contributed by atoms with E-state index in [1.54, 1.807) is 36.4 Å². The molecule has 21 heavy (non-hydrogen) atoms. The summed E-state index contributed by atoms with van der Waals surface area (Å²) in [6, 6.07) is 18.4. The summed E-state index contributed by atoms with van der Waals surface area (Å²) < 4.78 is 0. The zero-order chi connectivity index (χ0) is 15.1. The molecule has 0 saturated heterocycles. The number of hydrogen-bond acceptors (Lipinski definition) is 4. The first-order chi connectivity index (χ1) is 10.2. The van der Waals surface area contributed by atoms with E-state index in [0.717, 1.165) is 5.56 Å². The van der Waals surface area contributed by atoms with E-state index in [-0.39, 0.29) is 0 Å². The van der Waals surface area contributed by atoms with Crippen molar-refractivity contribution in [3.05, 3.63) is 71.3 Å². The Hall–Kier alpha value is -2.32. The number of rotatable bonds is 5. The van der Waals surface area contributed by atoms with Crippen LogP contribution in [0.1, 0.15) is 5.56 Å². The number of benzene rings is 2. The third-order valence-corrected chi connectivity index (χ3v) is 3.08. The van der Waals surface area contributed by atoms with Crippen molar-refractivity contribution in [3.8, 4) is 6.07 Å². The lowest BCUT2D eigenvalue weighted by atomic mass is 10.1. The molecule has 2 rings (SSSR count). The number of anilines is 1. The van der Waals surface area contributed by atoms with Crippen LogP contribution in [0.15, 0.2) is 60.7 Å². The minimum atomic E-state index is -1.44. The van der Waals surface area contributed by atoms with Crippen molar-refractivity contribution in [2.75, 3.05) is 5.32 Å². The molecule has 0 heterocycles. The van der Waals surface area contributed by atoms with Crippen LogP contribution in [-0.4, -0.2) is 10.9 Å². The third kappa shape index (κ3) is 4.07. The molecule has 4 nitrogen and oxygen atoms in total. The molecule has 106 valence electrons. The summed E-state index contributed by atoms with van der Waals surface area (Å²) in [6.07, 6.45) is 3.28. The van der Waals surface area contributed by atoms with E-state index < -0.39 is 5.66 Å². The zero-order valence-electron chi connectivity index (χ0n) is 11.1. The van der Waals surface area contributed by atoms with E-state index in [4.69, 9.17) is 11.6 Å². The summed E-state index contributed by atoms with van der Waals surface area (Å²) in [5, 5.41) is 22.2. The molecule has 0 aromatic heterocycles. The van der Waals surface area contributed by atoms with Gasteiger partial charge in [-0.05, 0) is 29.8 Å². The molecule has 0 spiro atoms. The lowest BCUT2D eigenvalue weighted by Gasteiger charge is -2.23. The summed E-state index contributed by atoms with van der Waals surface area (Å²) in [6.45, 7) is 0. The van der Waals surface area contributed by atoms with Crippen molar-refractivity contribution in [1.82, 2.24) is 5.48 Å². The minimum absolute atomic E-state index is 0.539. The maximum absolute atomic E-state index is 9.37. The van der Waals surface area contributed by atoms with Crippen LogP contribution in [0.4, 0.5) is 5.69 Å². The molecule has 2 aromatic carbocycles. The first kappa shape index (κ1) is 15.1. The highest BCUT2D eigenvalue weighted by Crippen LogP contribution is 2.19. The molecule has 0 amide bonds. The number of halogens is 1.